The number of aromatic carboxylic acids is 1. The minimum atomic E-state index is -0.872. The largest absolute Gasteiger partial charge is 0.488 e. The lowest BCUT2D eigenvalue weighted by Gasteiger charge is -2.31. The maximum Gasteiger partial charge on any atom is 0.349 e. The van der Waals surface area contributed by atoms with Crippen molar-refractivity contribution in [2.24, 2.45) is 5.92 Å². The molecule has 2 atom stereocenters. The summed E-state index contributed by atoms with van der Waals surface area (Å²) < 4.78 is 6.06. The van der Waals surface area contributed by atoms with Gasteiger partial charge >= 0.3 is 5.97 Å². The van der Waals surface area contributed by atoms with Gasteiger partial charge in [-0.05, 0) is 44.1 Å². The Bertz CT molecular complexity index is 439. The van der Waals surface area contributed by atoms with E-state index < -0.39 is 5.97 Å². The van der Waals surface area contributed by atoms with Crippen LogP contribution in [0, 0.1) is 5.92 Å². The molecule has 2 unspecified atom stereocenters. The minimum absolute atomic E-state index is 0.191. The highest BCUT2D eigenvalue weighted by atomic mass is 32.1. The van der Waals surface area contributed by atoms with Gasteiger partial charge in [0.15, 0.2) is 4.88 Å². The zero-order chi connectivity index (χ0) is 13.8. The summed E-state index contributed by atoms with van der Waals surface area (Å²) in [6.45, 7) is 4.23. The number of hydrogen-bond acceptors (Lipinski definition) is 3. The van der Waals surface area contributed by atoms with E-state index in [1.807, 2.05) is 13.0 Å². The standard InChI is InChI=1S/C15H22O3S/c1-3-10-7-5-6-8-12(10)18-13-9-11(4-2)19-14(13)15(16)17/h9-10,12H,3-8H2,1-2H3,(H,16,17). The van der Waals surface area contributed by atoms with E-state index in [-0.39, 0.29) is 6.10 Å². The maximum absolute atomic E-state index is 11.3. The Balaban J connectivity index is 2.16. The van der Waals surface area contributed by atoms with Crippen molar-refractivity contribution < 1.29 is 14.6 Å². The van der Waals surface area contributed by atoms with Crippen LogP contribution in [0.5, 0.6) is 5.75 Å². The summed E-state index contributed by atoms with van der Waals surface area (Å²) in [4.78, 5) is 12.7. The Kier molecular flexibility index (Phi) is 4.86. The first-order chi connectivity index (χ1) is 9.15. The summed E-state index contributed by atoms with van der Waals surface area (Å²) in [6, 6.07) is 1.91. The summed E-state index contributed by atoms with van der Waals surface area (Å²) in [6.07, 6.45) is 6.87. The first-order valence-corrected chi connectivity index (χ1v) is 8.00. The molecule has 0 aliphatic heterocycles. The van der Waals surface area contributed by atoms with E-state index in [0.29, 0.717) is 16.5 Å². The van der Waals surface area contributed by atoms with Gasteiger partial charge < -0.3 is 9.84 Å². The van der Waals surface area contributed by atoms with Crippen molar-refractivity contribution >= 4 is 17.3 Å². The van der Waals surface area contributed by atoms with Crippen molar-refractivity contribution in [2.45, 2.75) is 58.5 Å². The average Bonchev–Trinajstić information content (AvgIpc) is 2.82. The Morgan fingerprint density at radius 2 is 2.16 bits per heavy atom. The number of aryl methyl sites for hydroxylation is 1. The van der Waals surface area contributed by atoms with Crippen LogP contribution in [0.15, 0.2) is 6.07 Å². The van der Waals surface area contributed by atoms with E-state index in [0.717, 1.165) is 24.1 Å². The number of ether oxygens (including phenoxy) is 1. The fraction of sp³-hybridized carbons (Fsp3) is 0.667. The van der Waals surface area contributed by atoms with E-state index in [9.17, 15) is 9.90 Å². The summed E-state index contributed by atoms with van der Waals surface area (Å²) in [5, 5.41) is 9.26. The lowest BCUT2D eigenvalue weighted by atomic mass is 9.85. The number of hydrogen-bond donors (Lipinski definition) is 1. The Morgan fingerprint density at radius 3 is 2.79 bits per heavy atom. The van der Waals surface area contributed by atoms with Crippen LogP contribution in [0.25, 0.3) is 0 Å². The molecule has 1 aromatic heterocycles. The summed E-state index contributed by atoms with van der Waals surface area (Å²) in [5.74, 6) is 0.281. The molecule has 4 heteroatoms. The molecule has 106 valence electrons. The molecule has 1 saturated carbocycles. The number of carbonyl (C=O) groups is 1. The fourth-order valence-corrected chi connectivity index (χ4v) is 3.66. The zero-order valence-corrected chi connectivity index (χ0v) is 12.5. The van der Waals surface area contributed by atoms with Crippen molar-refractivity contribution in [1.29, 1.82) is 0 Å². The molecular formula is C15H22O3S. The quantitative estimate of drug-likeness (QED) is 0.873. The van der Waals surface area contributed by atoms with Gasteiger partial charge in [-0.2, -0.15) is 0 Å². The molecule has 1 N–H and O–H groups in total. The van der Waals surface area contributed by atoms with Crippen LogP contribution in [0.4, 0.5) is 0 Å². The van der Waals surface area contributed by atoms with E-state index >= 15 is 0 Å². The Labute approximate surface area is 118 Å². The van der Waals surface area contributed by atoms with Crippen LogP contribution in [-0.4, -0.2) is 17.2 Å². The van der Waals surface area contributed by atoms with Gasteiger partial charge in [0.1, 0.15) is 11.9 Å². The minimum Gasteiger partial charge on any atom is -0.488 e. The second kappa shape index (κ2) is 6.42. The summed E-state index contributed by atoms with van der Waals surface area (Å²) >= 11 is 1.34. The SMILES string of the molecule is CCc1cc(OC2CCCCC2CC)c(C(=O)O)s1. The molecule has 1 aromatic rings. The van der Waals surface area contributed by atoms with Crippen LogP contribution < -0.4 is 4.74 Å². The Morgan fingerprint density at radius 1 is 1.42 bits per heavy atom. The summed E-state index contributed by atoms with van der Waals surface area (Å²) in [7, 11) is 0. The van der Waals surface area contributed by atoms with Crippen molar-refractivity contribution in [3.05, 3.63) is 15.8 Å². The first-order valence-electron chi connectivity index (χ1n) is 7.18. The molecule has 0 bridgehead atoms. The molecule has 3 nitrogen and oxygen atoms in total. The van der Waals surface area contributed by atoms with E-state index in [1.165, 1.54) is 30.6 Å². The van der Waals surface area contributed by atoms with E-state index in [2.05, 4.69) is 6.92 Å². The second-order valence-electron chi connectivity index (χ2n) is 5.17. The zero-order valence-electron chi connectivity index (χ0n) is 11.6. The maximum atomic E-state index is 11.3. The predicted molar refractivity (Wildman–Crippen MR) is 77.3 cm³/mol. The van der Waals surface area contributed by atoms with Crippen LogP contribution >= 0.6 is 11.3 Å². The van der Waals surface area contributed by atoms with Crippen LogP contribution in [0.1, 0.15) is 60.5 Å². The van der Waals surface area contributed by atoms with Gasteiger partial charge in [-0.15, -0.1) is 11.3 Å². The van der Waals surface area contributed by atoms with Gasteiger partial charge in [0.25, 0.3) is 0 Å². The number of carboxylic acids is 1. The Hall–Kier alpha value is -1.03. The lowest BCUT2D eigenvalue weighted by Crippen LogP contribution is -2.30. The smallest absolute Gasteiger partial charge is 0.349 e. The molecule has 19 heavy (non-hydrogen) atoms. The highest BCUT2D eigenvalue weighted by molar-refractivity contribution is 7.14. The molecule has 1 fully saturated rings. The highest BCUT2D eigenvalue weighted by Gasteiger charge is 2.27. The third kappa shape index (κ3) is 3.30. The van der Waals surface area contributed by atoms with Gasteiger partial charge in [-0.3, -0.25) is 0 Å². The molecule has 0 aromatic carbocycles. The molecule has 0 radical (unpaired) electrons. The van der Waals surface area contributed by atoms with Crippen LogP contribution in [0.3, 0.4) is 0 Å². The average molecular weight is 282 g/mol. The molecule has 0 saturated heterocycles. The molecule has 1 heterocycles. The number of thiophene rings is 1. The van der Waals surface area contributed by atoms with E-state index in [4.69, 9.17) is 4.74 Å². The predicted octanol–water partition coefficient (Wildman–Crippen LogP) is 4.36. The van der Waals surface area contributed by atoms with Crippen molar-refractivity contribution in [1.82, 2.24) is 0 Å². The van der Waals surface area contributed by atoms with E-state index in [1.54, 1.807) is 0 Å². The molecule has 1 aliphatic carbocycles. The van der Waals surface area contributed by atoms with Crippen molar-refractivity contribution in [3.63, 3.8) is 0 Å². The third-order valence-electron chi connectivity index (χ3n) is 3.93. The van der Waals surface area contributed by atoms with Crippen LogP contribution in [0.2, 0.25) is 0 Å². The molecular weight excluding hydrogens is 260 g/mol. The second-order valence-corrected chi connectivity index (χ2v) is 6.31. The van der Waals surface area contributed by atoms with Crippen molar-refractivity contribution in [2.75, 3.05) is 0 Å². The topological polar surface area (TPSA) is 46.5 Å². The van der Waals surface area contributed by atoms with Gasteiger partial charge in [0.05, 0.1) is 0 Å². The number of carboxylic acid groups (broad SMARTS) is 1. The molecule has 1 aliphatic rings. The summed E-state index contributed by atoms with van der Waals surface area (Å²) in [5.41, 5.74) is 0. The van der Waals surface area contributed by atoms with Gasteiger partial charge in [-0.25, -0.2) is 4.79 Å². The normalized spacial score (nSPS) is 23.3. The first kappa shape index (κ1) is 14.4. The fourth-order valence-electron chi connectivity index (χ4n) is 2.79. The lowest BCUT2D eigenvalue weighted by molar-refractivity contribution is 0.0672. The molecule has 0 amide bonds. The van der Waals surface area contributed by atoms with Gasteiger partial charge in [0.2, 0.25) is 0 Å². The van der Waals surface area contributed by atoms with Crippen LogP contribution in [-0.2, 0) is 6.42 Å². The number of rotatable bonds is 5. The third-order valence-corrected chi connectivity index (χ3v) is 5.18. The van der Waals surface area contributed by atoms with Gasteiger partial charge in [-0.1, -0.05) is 20.3 Å². The molecule has 0 spiro atoms. The monoisotopic (exact) mass is 282 g/mol. The van der Waals surface area contributed by atoms with Gasteiger partial charge in [0, 0.05) is 4.88 Å². The van der Waals surface area contributed by atoms with Crippen molar-refractivity contribution in [3.8, 4) is 5.75 Å². The highest BCUT2D eigenvalue weighted by Crippen LogP contribution is 2.35. The molecule has 2 rings (SSSR count).